The number of thioether (sulfide) groups is 1. The molecule has 0 saturated carbocycles. The lowest BCUT2D eigenvalue weighted by atomic mass is 10.4. The number of rotatable bonds is 8. The first kappa shape index (κ1) is 12.3. The third-order valence-corrected chi connectivity index (χ3v) is 2.34. The SMILES string of the molecule is CCCOCCNC(C)CSC. The van der Waals surface area contributed by atoms with Gasteiger partial charge >= 0.3 is 0 Å². The summed E-state index contributed by atoms with van der Waals surface area (Å²) in [6.45, 7) is 7.03. The molecule has 1 atom stereocenters. The van der Waals surface area contributed by atoms with Gasteiger partial charge in [-0.3, -0.25) is 0 Å². The summed E-state index contributed by atoms with van der Waals surface area (Å²) < 4.78 is 5.34. The Labute approximate surface area is 80.4 Å². The Morgan fingerprint density at radius 3 is 2.75 bits per heavy atom. The minimum atomic E-state index is 0.602. The fourth-order valence-corrected chi connectivity index (χ4v) is 1.55. The molecule has 12 heavy (non-hydrogen) atoms. The number of hydrogen-bond acceptors (Lipinski definition) is 3. The van der Waals surface area contributed by atoms with Gasteiger partial charge in [0.15, 0.2) is 0 Å². The molecule has 74 valence electrons. The van der Waals surface area contributed by atoms with E-state index in [1.807, 2.05) is 11.8 Å². The van der Waals surface area contributed by atoms with Crippen LogP contribution in [0.2, 0.25) is 0 Å². The maximum Gasteiger partial charge on any atom is 0.0591 e. The van der Waals surface area contributed by atoms with Gasteiger partial charge in [0.05, 0.1) is 6.61 Å². The van der Waals surface area contributed by atoms with Gasteiger partial charge in [-0.05, 0) is 19.6 Å². The average Bonchev–Trinajstić information content (AvgIpc) is 2.05. The van der Waals surface area contributed by atoms with Crippen LogP contribution in [0.15, 0.2) is 0 Å². The first-order chi connectivity index (χ1) is 5.81. The lowest BCUT2D eigenvalue weighted by Gasteiger charge is -2.11. The molecule has 0 aromatic heterocycles. The highest BCUT2D eigenvalue weighted by atomic mass is 32.2. The molecule has 0 amide bonds. The molecule has 3 heteroatoms. The largest absolute Gasteiger partial charge is 0.380 e. The maximum atomic E-state index is 5.34. The summed E-state index contributed by atoms with van der Waals surface area (Å²) in [4.78, 5) is 0. The molecular weight excluding hydrogens is 170 g/mol. The highest BCUT2D eigenvalue weighted by Crippen LogP contribution is 1.95. The van der Waals surface area contributed by atoms with Crippen LogP contribution in [0, 0.1) is 0 Å². The summed E-state index contributed by atoms with van der Waals surface area (Å²) in [6.07, 6.45) is 3.24. The Kier molecular flexibility index (Phi) is 9.57. The van der Waals surface area contributed by atoms with Crippen LogP contribution in [0.25, 0.3) is 0 Å². The van der Waals surface area contributed by atoms with Crippen molar-refractivity contribution in [3.8, 4) is 0 Å². The van der Waals surface area contributed by atoms with Gasteiger partial charge in [-0.25, -0.2) is 0 Å². The Balaban J connectivity index is 2.97. The van der Waals surface area contributed by atoms with Crippen molar-refractivity contribution in [3.05, 3.63) is 0 Å². The zero-order chi connectivity index (χ0) is 9.23. The van der Waals surface area contributed by atoms with Gasteiger partial charge in [-0.1, -0.05) is 6.92 Å². The Bertz CT molecular complexity index is 90.6. The van der Waals surface area contributed by atoms with E-state index in [4.69, 9.17) is 4.74 Å². The lowest BCUT2D eigenvalue weighted by Crippen LogP contribution is -2.31. The van der Waals surface area contributed by atoms with Crippen LogP contribution in [0.3, 0.4) is 0 Å². The van der Waals surface area contributed by atoms with E-state index >= 15 is 0 Å². The normalized spacial score (nSPS) is 13.2. The first-order valence-electron chi connectivity index (χ1n) is 4.61. The van der Waals surface area contributed by atoms with E-state index in [2.05, 4.69) is 25.4 Å². The van der Waals surface area contributed by atoms with Crippen LogP contribution in [0.5, 0.6) is 0 Å². The molecule has 0 spiro atoms. The molecule has 2 nitrogen and oxygen atoms in total. The molecule has 0 rings (SSSR count). The topological polar surface area (TPSA) is 21.3 Å². The van der Waals surface area contributed by atoms with Gasteiger partial charge in [0.25, 0.3) is 0 Å². The van der Waals surface area contributed by atoms with Crippen LogP contribution >= 0.6 is 11.8 Å². The third kappa shape index (κ3) is 8.37. The summed E-state index contributed by atoms with van der Waals surface area (Å²) in [6, 6.07) is 0.602. The van der Waals surface area contributed by atoms with Crippen LogP contribution in [0.1, 0.15) is 20.3 Å². The second kappa shape index (κ2) is 9.36. The van der Waals surface area contributed by atoms with Crippen LogP contribution in [-0.2, 0) is 4.74 Å². The van der Waals surface area contributed by atoms with Crippen LogP contribution in [-0.4, -0.2) is 37.8 Å². The van der Waals surface area contributed by atoms with Crippen molar-refractivity contribution in [1.82, 2.24) is 5.32 Å². The molecule has 0 aliphatic carbocycles. The van der Waals surface area contributed by atoms with Gasteiger partial charge < -0.3 is 10.1 Å². The quantitative estimate of drug-likeness (QED) is 0.591. The highest BCUT2D eigenvalue weighted by molar-refractivity contribution is 7.98. The van der Waals surface area contributed by atoms with Gasteiger partial charge in [-0.2, -0.15) is 11.8 Å². The van der Waals surface area contributed by atoms with E-state index in [9.17, 15) is 0 Å². The van der Waals surface area contributed by atoms with Gasteiger partial charge in [0.1, 0.15) is 0 Å². The Morgan fingerprint density at radius 1 is 1.42 bits per heavy atom. The number of nitrogens with one attached hydrogen (secondary N) is 1. The van der Waals surface area contributed by atoms with E-state index in [1.54, 1.807) is 0 Å². The zero-order valence-electron chi connectivity index (χ0n) is 8.43. The summed E-state index contributed by atoms with van der Waals surface area (Å²) in [5, 5.41) is 3.40. The van der Waals surface area contributed by atoms with Crippen molar-refractivity contribution in [3.63, 3.8) is 0 Å². The zero-order valence-corrected chi connectivity index (χ0v) is 9.25. The third-order valence-electron chi connectivity index (χ3n) is 1.50. The Morgan fingerprint density at radius 2 is 2.17 bits per heavy atom. The van der Waals surface area contributed by atoms with Crippen molar-refractivity contribution >= 4 is 11.8 Å². The van der Waals surface area contributed by atoms with Gasteiger partial charge in [0, 0.05) is 24.9 Å². The summed E-state index contributed by atoms with van der Waals surface area (Å²) in [5.41, 5.74) is 0. The van der Waals surface area contributed by atoms with E-state index in [-0.39, 0.29) is 0 Å². The molecule has 0 aliphatic heterocycles. The maximum absolute atomic E-state index is 5.34. The minimum Gasteiger partial charge on any atom is -0.380 e. The molecule has 0 aromatic carbocycles. The monoisotopic (exact) mass is 191 g/mol. The molecule has 0 aliphatic rings. The summed E-state index contributed by atoms with van der Waals surface area (Å²) >= 11 is 1.87. The fourth-order valence-electron chi connectivity index (χ4n) is 0.933. The number of ether oxygens (including phenoxy) is 1. The van der Waals surface area contributed by atoms with Crippen LogP contribution in [0.4, 0.5) is 0 Å². The molecule has 0 bridgehead atoms. The molecule has 0 heterocycles. The standard InChI is InChI=1S/C9H21NOS/c1-4-6-11-7-5-10-9(2)8-12-3/h9-10H,4-8H2,1-3H3. The predicted octanol–water partition coefficient (Wildman–Crippen LogP) is 1.75. The van der Waals surface area contributed by atoms with Gasteiger partial charge in [-0.15, -0.1) is 0 Å². The molecule has 0 aromatic rings. The Hall–Kier alpha value is 0.270. The molecular formula is C9H21NOS. The van der Waals surface area contributed by atoms with E-state index in [0.717, 1.165) is 26.2 Å². The molecule has 1 unspecified atom stereocenters. The fraction of sp³-hybridized carbons (Fsp3) is 1.00. The summed E-state index contributed by atoms with van der Waals surface area (Å²) in [5.74, 6) is 1.17. The second-order valence-electron chi connectivity index (χ2n) is 2.92. The summed E-state index contributed by atoms with van der Waals surface area (Å²) in [7, 11) is 0. The van der Waals surface area contributed by atoms with Crippen molar-refractivity contribution in [2.45, 2.75) is 26.3 Å². The lowest BCUT2D eigenvalue weighted by molar-refractivity contribution is 0.135. The molecule has 0 saturated heterocycles. The van der Waals surface area contributed by atoms with Crippen molar-refractivity contribution in [2.24, 2.45) is 0 Å². The smallest absolute Gasteiger partial charge is 0.0591 e. The second-order valence-corrected chi connectivity index (χ2v) is 3.83. The van der Waals surface area contributed by atoms with Crippen molar-refractivity contribution in [1.29, 1.82) is 0 Å². The minimum absolute atomic E-state index is 0.602. The molecule has 0 fully saturated rings. The highest BCUT2D eigenvalue weighted by Gasteiger charge is 1.97. The number of hydrogen-bond donors (Lipinski definition) is 1. The molecule has 1 N–H and O–H groups in total. The molecule has 0 radical (unpaired) electrons. The van der Waals surface area contributed by atoms with Gasteiger partial charge in [0.2, 0.25) is 0 Å². The average molecular weight is 191 g/mol. The van der Waals surface area contributed by atoms with Crippen molar-refractivity contribution in [2.75, 3.05) is 31.8 Å². The van der Waals surface area contributed by atoms with E-state index < -0.39 is 0 Å². The van der Waals surface area contributed by atoms with Crippen LogP contribution < -0.4 is 5.32 Å². The first-order valence-corrected chi connectivity index (χ1v) is 6.00. The van der Waals surface area contributed by atoms with Crippen molar-refractivity contribution < 1.29 is 4.74 Å². The van der Waals surface area contributed by atoms with E-state index in [0.29, 0.717) is 6.04 Å². The van der Waals surface area contributed by atoms with E-state index in [1.165, 1.54) is 5.75 Å². The predicted molar refractivity (Wildman–Crippen MR) is 57.0 cm³/mol.